The normalized spacial score (nSPS) is 17.6. The number of benzene rings is 1. The number of fused-ring (bicyclic) bond motifs is 1. The summed E-state index contributed by atoms with van der Waals surface area (Å²) in [7, 11) is 0. The van der Waals surface area contributed by atoms with Crippen LogP contribution in [0.2, 0.25) is 0 Å². The number of para-hydroxylation sites is 1. The lowest BCUT2D eigenvalue weighted by atomic mass is 9.96. The molecule has 152 valence electrons. The van der Waals surface area contributed by atoms with Gasteiger partial charge in [-0.2, -0.15) is 0 Å². The highest BCUT2D eigenvalue weighted by atomic mass is 32.2. The minimum atomic E-state index is -1.12. The van der Waals surface area contributed by atoms with Crippen molar-refractivity contribution in [2.24, 2.45) is 11.8 Å². The van der Waals surface area contributed by atoms with E-state index >= 15 is 0 Å². The smallest absolute Gasteiger partial charge is 0.323 e. The summed E-state index contributed by atoms with van der Waals surface area (Å²) >= 11 is 1.09. The Bertz CT molecular complexity index is 765. The summed E-state index contributed by atoms with van der Waals surface area (Å²) in [5, 5.41) is 12.0. The standard InChI is InChI=1S/C20H26N2O5S/c1-12(2)15(11-28-13(3)23)19(26)21-16-9-8-14-6-4-5-7-17(14)22(20(16)27)10-18(24)25/h4-7,12,15-16H,8-11H2,1-3H3,(H,21,26)(H,24,25)/t15-,16-/m0/s1. The monoisotopic (exact) mass is 406 g/mol. The number of aliphatic carboxylic acids is 1. The summed E-state index contributed by atoms with van der Waals surface area (Å²) in [4.78, 5) is 49.6. The van der Waals surface area contributed by atoms with Crippen LogP contribution in [0, 0.1) is 11.8 Å². The van der Waals surface area contributed by atoms with Gasteiger partial charge in [-0.05, 0) is 30.4 Å². The Morgan fingerprint density at radius 1 is 1.29 bits per heavy atom. The van der Waals surface area contributed by atoms with Crippen molar-refractivity contribution < 1.29 is 24.3 Å². The molecule has 2 atom stereocenters. The minimum absolute atomic E-state index is 0.0000463. The van der Waals surface area contributed by atoms with Crippen LogP contribution in [0.25, 0.3) is 0 Å². The Morgan fingerprint density at radius 3 is 2.57 bits per heavy atom. The summed E-state index contributed by atoms with van der Waals surface area (Å²) in [6.45, 7) is 4.78. The van der Waals surface area contributed by atoms with Gasteiger partial charge in [-0.15, -0.1) is 0 Å². The zero-order chi connectivity index (χ0) is 20.8. The summed E-state index contributed by atoms with van der Waals surface area (Å²) in [5.74, 6) is -1.90. The van der Waals surface area contributed by atoms with E-state index in [1.54, 1.807) is 12.1 Å². The number of carbonyl (C=O) groups is 4. The number of thioether (sulfide) groups is 1. The van der Waals surface area contributed by atoms with Gasteiger partial charge in [0.1, 0.15) is 12.6 Å². The Balaban J connectivity index is 2.21. The number of rotatable bonds is 7. The number of aryl methyl sites for hydroxylation is 1. The number of hydrogen-bond donors (Lipinski definition) is 2. The molecule has 0 saturated carbocycles. The molecule has 1 aliphatic heterocycles. The summed E-state index contributed by atoms with van der Waals surface area (Å²) < 4.78 is 0. The topological polar surface area (TPSA) is 104 Å². The van der Waals surface area contributed by atoms with Crippen LogP contribution in [0.3, 0.4) is 0 Å². The number of nitrogens with one attached hydrogen (secondary N) is 1. The third kappa shape index (κ3) is 5.58. The van der Waals surface area contributed by atoms with Gasteiger partial charge in [-0.1, -0.05) is 43.8 Å². The molecule has 0 aromatic heterocycles. The van der Waals surface area contributed by atoms with Crippen molar-refractivity contribution in [2.45, 2.75) is 39.7 Å². The van der Waals surface area contributed by atoms with Crippen molar-refractivity contribution in [3.05, 3.63) is 29.8 Å². The molecule has 0 fully saturated rings. The van der Waals surface area contributed by atoms with E-state index in [9.17, 15) is 24.3 Å². The van der Waals surface area contributed by atoms with Crippen LogP contribution >= 0.6 is 11.8 Å². The molecule has 1 heterocycles. The lowest BCUT2D eigenvalue weighted by Gasteiger charge is -2.27. The van der Waals surface area contributed by atoms with Crippen molar-refractivity contribution in [3.63, 3.8) is 0 Å². The number of amides is 2. The van der Waals surface area contributed by atoms with Crippen molar-refractivity contribution in [1.82, 2.24) is 5.32 Å². The van der Waals surface area contributed by atoms with E-state index in [1.165, 1.54) is 11.8 Å². The van der Waals surface area contributed by atoms with Gasteiger partial charge >= 0.3 is 5.97 Å². The molecule has 1 aliphatic rings. The fraction of sp³-hybridized carbons (Fsp3) is 0.500. The van der Waals surface area contributed by atoms with Gasteiger partial charge in [0.05, 0.1) is 0 Å². The molecule has 0 bridgehead atoms. The summed E-state index contributed by atoms with van der Waals surface area (Å²) in [6, 6.07) is 6.38. The molecule has 7 nitrogen and oxygen atoms in total. The Kier molecular flexibility index (Phi) is 7.62. The van der Waals surface area contributed by atoms with Crippen LogP contribution in [0.4, 0.5) is 5.69 Å². The largest absolute Gasteiger partial charge is 0.480 e. The SMILES string of the molecule is CC(=O)SC[C@H](C(=O)N[C@H]1CCc2ccccc2N(CC(=O)O)C1=O)C(C)C. The van der Waals surface area contributed by atoms with E-state index < -0.39 is 30.4 Å². The molecule has 0 spiro atoms. The van der Waals surface area contributed by atoms with Gasteiger partial charge in [0, 0.05) is 24.3 Å². The van der Waals surface area contributed by atoms with Crippen LogP contribution in [0.15, 0.2) is 24.3 Å². The lowest BCUT2D eigenvalue weighted by Crippen LogP contribution is -2.51. The van der Waals surface area contributed by atoms with E-state index in [0.29, 0.717) is 24.3 Å². The fourth-order valence-electron chi connectivity index (χ4n) is 3.20. The van der Waals surface area contributed by atoms with Gasteiger partial charge in [0.15, 0.2) is 5.12 Å². The van der Waals surface area contributed by atoms with E-state index in [4.69, 9.17) is 0 Å². The van der Waals surface area contributed by atoms with E-state index in [-0.39, 0.29) is 16.9 Å². The second kappa shape index (κ2) is 9.73. The zero-order valence-electron chi connectivity index (χ0n) is 16.3. The van der Waals surface area contributed by atoms with Gasteiger partial charge < -0.3 is 10.4 Å². The first-order chi connectivity index (χ1) is 13.2. The first-order valence-electron chi connectivity index (χ1n) is 9.25. The molecule has 2 rings (SSSR count). The Morgan fingerprint density at radius 2 is 1.96 bits per heavy atom. The van der Waals surface area contributed by atoms with Crippen LogP contribution in [0.5, 0.6) is 0 Å². The quantitative estimate of drug-likeness (QED) is 0.719. The van der Waals surface area contributed by atoms with E-state index in [2.05, 4.69) is 5.32 Å². The summed E-state index contributed by atoms with van der Waals surface area (Å²) in [5.41, 5.74) is 1.44. The van der Waals surface area contributed by atoms with Gasteiger partial charge in [0.2, 0.25) is 11.8 Å². The lowest BCUT2D eigenvalue weighted by molar-refractivity contribution is -0.137. The van der Waals surface area contributed by atoms with Crippen molar-refractivity contribution in [3.8, 4) is 0 Å². The van der Waals surface area contributed by atoms with Gasteiger partial charge in [-0.3, -0.25) is 24.1 Å². The molecule has 28 heavy (non-hydrogen) atoms. The number of carboxylic acid groups (broad SMARTS) is 1. The zero-order valence-corrected chi connectivity index (χ0v) is 17.1. The van der Waals surface area contributed by atoms with Crippen molar-refractivity contribution in [1.29, 1.82) is 0 Å². The molecule has 0 radical (unpaired) electrons. The molecule has 0 saturated heterocycles. The first-order valence-corrected chi connectivity index (χ1v) is 10.2. The average Bonchev–Trinajstić information content (AvgIpc) is 2.73. The molecular weight excluding hydrogens is 380 g/mol. The highest BCUT2D eigenvalue weighted by Crippen LogP contribution is 2.27. The molecule has 0 unspecified atom stereocenters. The predicted molar refractivity (Wildman–Crippen MR) is 108 cm³/mol. The van der Waals surface area contributed by atoms with Crippen molar-refractivity contribution in [2.75, 3.05) is 17.2 Å². The molecule has 0 aliphatic carbocycles. The molecule has 1 aromatic carbocycles. The Labute approximate surface area is 168 Å². The minimum Gasteiger partial charge on any atom is -0.480 e. The van der Waals surface area contributed by atoms with Gasteiger partial charge in [-0.25, -0.2) is 0 Å². The van der Waals surface area contributed by atoms with Crippen LogP contribution in [-0.4, -0.2) is 46.3 Å². The third-order valence-corrected chi connectivity index (χ3v) is 5.70. The highest BCUT2D eigenvalue weighted by molar-refractivity contribution is 8.13. The van der Waals surface area contributed by atoms with Crippen LogP contribution in [-0.2, 0) is 25.6 Å². The molecule has 2 N–H and O–H groups in total. The van der Waals surface area contributed by atoms with Crippen LogP contribution in [0.1, 0.15) is 32.8 Å². The van der Waals surface area contributed by atoms with E-state index in [0.717, 1.165) is 17.3 Å². The van der Waals surface area contributed by atoms with Crippen LogP contribution < -0.4 is 10.2 Å². The number of nitrogens with zero attached hydrogens (tertiary/aromatic N) is 1. The maximum atomic E-state index is 13.0. The average molecular weight is 407 g/mol. The molecular formula is C20H26N2O5S. The molecule has 1 aromatic rings. The maximum absolute atomic E-state index is 13.0. The number of carboxylic acids is 1. The third-order valence-electron chi connectivity index (χ3n) is 4.77. The number of hydrogen-bond acceptors (Lipinski definition) is 5. The number of carbonyl (C=O) groups excluding carboxylic acids is 3. The Hall–Kier alpha value is -2.35. The summed E-state index contributed by atoms with van der Waals surface area (Å²) in [6.07, 6.45) is 0.944. The first kappa shape index (κ1) is 21.9. The van der Waals surface area contributed by atoms with E-state index in [1.807, 2.05) is 26.0 Å². The number of anilines is 1. The predicted octanol–water partition coefficient (Wildman–Crippen LogP) is 2.09. The van der Waals surface area contributed by atoms with Gasteiger partial charge in [0.25, 0.3) is 0 Å². The highest BCUT2D eigenvalue weighted by Gasteiger charge is 2.34. The second-order valence-electron chi connectivity index (χ2n) is 7.20. The maximum Gasteiger partial charge on any atom is 0.323 e. The molecule has 8 heteroatoms. The van der Waals surface area contributed by atoms with Crippen molar-refractivity contribution >= 4 is 40.3 Å². The fourth-order valence-corrected chi connectivity index (χ4v) is 4.16. The second-order valence-corrected chi connectivity index (χ2v) is 8.40. The molecule has 2 amide bonds.